The number of nitrogens with zero attached hydrogens (tertiary/aromatic N) is 3. The Kier molecular flexibility index (Phi) is 3.38. The van der Waals surface area contributed by atoms with Crippen LogP contribution in [0.25, 0.3) is 11.4 Å². The first kappa shape index (κ1) is 13.0. The number of hydrogen-bond donors (Lipinski definition) is 1. The van der Waals surface area contributed by atoms with E-state index in [9.17, 15) is 4.79 Å². The van der Waals surface area contributed by atoms with Crippen LogP contribution in [-0.2, 0) is 7.05 Å². The van der Waals surface area contributed by atoms with Gasteiger partial charge in [0.25, 0.3) is 5.56 Å². The zero-order valence-corrected chi connectivity index (χ0v) is 12.4. The minimum atomic E-state index is -0.160. The maximum Gasteiger partial charge on any atom is 0.265 e. The van der Waals surface area contributed by atoms with Gasteiger partial charge in [-0.25, -0.2) is 4.98 Å². The van der Waals surface area contributed by atoms with Crippen molar-refractivity contribution in [3.05, 3.63) is 32.4 Å². The molecule has 2 rings (SSSR count). The van der Waals surface area contributed by atoms with Gasteiger partial charge in [0.2, 0.25) is 0 Å². The van der Waals surface area contributed by atoms with Gasteiger partial charge in [-0.3, -0.25) is 9.48 Å². The molecule has 18 heavy (non-hydrogen) atoms. The Balaban J connectivity index is 2.66. The van der Waals surface area contributed by atoms with Gasteiger partial charge in [-0.05, 0) is 28.8 Å². The Morgan fingerprint density at radius 3 is 2.61 bits per heavy atom. The van der Waals surface area contributed by atoms with E-state index in [0.717, 1.165) is 17.0 Å². The number of aryl methyl sites for hydroxylation is 2. The van der Waals surface area contributed by atoms with E-state index in [0.29, 0.717) is 10.3 Å². The van der Waals surface area contributed by atoms with E-state index < -0.39 is 0 Å². The third-order valence-corrected chi connectivity index (χ3v) is 3.47. The van der Waals surface area contributed by atoms with Crippen LogP contribution in [0.5, 0.6) is 0 Å². The fourth-order valence-electron chi connectivity index (χ4n) is 1.82. The van der Waals surface area contributed by atoms with Crippen molar-refractivity contribution >= 4 is 15.9 Å². The Morgan fingerprint density at radius 1 is 1.44 bits per heavy atom. The van der Waals surface area contributed by atoms with Crippen molar-refractivity contribution in [2.45, 2.75) is 26.7 Å². The first-order valence-electron chi connectivity index (χ1n) is 5.70. The average molecular weight is 311 g/mol. The predicted octanol–water partition coefficient (Wildman–Crippen LogP) is 2.36. The minimum Gasteiger partial charge on any atom is -0.305 e. The van der Waals surface area contributed by atoms with Gasteiger partial charge in [0.15, 0.2) is 0 Å². The van der Waals surface area contributed by atoms with Crippen molar-refractivity contribution in [3.8, 4) is 11.4 Å². The first-order valence-corrected chi connectivity index (χ1v) is 6.49. The molecule has 6 heteroatoms. The van der Waals surface area contributed by atoms with Gasteiger partial charge >= 0.3 is 0 Å². The minimum absolute atomic E-state index is 0.160. The number of rotatable bonds is 2. The summed E-state index contributed by atoms with van der Waals surface area (Å²) in [6.45, 7) is 5.91. The molecule has 0 saturated heterocycles. The topological polar surface area (TPSA) is 63.6 Å². The molecule has 0 spiro atoms. The van der Waals surface area contributed by atoms with E-state index in [1.807, 2.05) is 34.0 Å². The average Bonchev–Trinajstić information content (AvgIpc) is 2.61. The molecule has 5 nitrogen and oxygen atoms in total. The molecule has 0 unspecified atom stereocenters. The van der Waals surface area contributed by atoms with E-state index >= 15 is 0 Å². The van der Waals surface area contributed by atoms with Crippen molar-refractivity contribution in [3.63, 3.8) is 0 Å². The fourth-order valence-corrected chi connectivity index (χ4v) is 2.46. The molecule has 0 fully saturated rings. The lowest BCUT2D eigenvalue weighted by molar-refractivity contribution is 0.756. The van der Waals surface area contributed by atoms with Gasteiger partial charge in [0, 0.05) is 13.2 Å². The molecule has 0 bridgehead atoms. The summed E-state index contributed by atoms with van der Waals surface area (Å²) in [4.78, 5) is 19.2. The number of nitrogens with one attached hydrogen (secondary N) is 1. The number of halogens is 1. The summed E-state index contributed by atoms with van der Waals surface area (Å²) < 4.78 is 2.21. The number of H-pyrrole nitrogens is 1. The summed E-state index contributed by atoms with van der Waals surface area (Å²) in [5.41, 5.74) is 2.30. The largest absolute Gasteiger partial charge is 0.305 e. The second-order valence-corrected chi connectivity index (χ2v) is 5.36. The van der Waals surface area contributed by atoms with E-state index in [-0.39, 0.29) is 11.5 Å². The molecular weight excluding hydrogens is 296 g/mol. The smallest absolute Gasteiger partial charge is 0.265 e. The number of aromatic amines is 1. The molecular formula is C12H15BrN4O. The lowest BCUT2D eigenvalue weighted by Crippen LogP contribution is -2.14. The normalized spacial score (nSPS) is 11.2. The Morgan fingerprint density at radius 2 is 2.11 bits per heavy atom. The van der Waals surface area contributed by atoms with Gasteiger partial charge in [0.1, 0.15) is 10.3 Å². The predicted molar refractivity (Wildman–Crippen MR) is 73.6 cm³/mol. The van der Waals surface area contributed by atoms with E-state index in [2.05, 4.69) is 31.0 Å². The van der Waals surface area contributed by atoms with Crippen molar-refractivity contribution in [2.75, 3.05) is 0 Å². The number of hydrogen-bond acceptors (Lipinski definition) is 3. The monoisotopic (exact) mass is 310 g/mol. The molecule has 2 heterocycles. The highest BCUT2D eigenvalue weighted by atomic mass is 79.9. The van der Waals surface area contributed by atoms with Crippen molar-refractivity contribution in [1.82, 2.24) is 19.7 Å². The summed E-state index contributed by atoms with van der Waals surface area (Å²) in [6.07, 6.45) is 1.85. The highest BCUT2D eigenvalue weighted by Gasteiger charge is 2.15. The molecule has 0 aliphatic heterocycles. The highest BCUT2D eigenvalue weighted by molar-refractivity contribution is 9.10. The van der Waals surface area contributed by atoms with Crippen LogP contribution in [0.2, 0.25) is 0 Å². The molecule has 2 aromatic heterocycles. The van der Waals surface area contributed by atoms with Crippen LogP contribution in [-0.4, -0.2) is 19.7 Å². The van der Waals surface area contributed by atoms with E-state index in [1.165, 1.54) is 0 Å². The maximum absolute atomic E-state index is 11.9. The van der Waals surface area contributed by atoms with Gasteiger partial charge < -0.3 is 4.98 Å². The lowest BCUT2D eigenvalue weighted by Gasteiger charge is -2.08. The molecule has 1 N–H and O–H groups in total. The standard InChI is InChI=1S/C12H15BrN4O/c1-6(2)10-9(13)12(18)15-11(14-10)8-5-17(4)16-7(8)3/h5-6H,1-4H3,(H,14,15,18). The van der Waals surface area contributed by atoms with E-state index in [4.69, 9.17) is 0 Å². The van der Waals surface area contributed by atoms with Gasteiger partial charge in [-0.2, -0.15) is 5.10 Å². The summed E-state index contributed by atoms with van der Waals surface area (Å²) in [5.74, 6) is 0.745. The van der Waals surface area contributed by atoms with Gasteiger partial charge in [0.05, 0.1) is 17.0 Å². The second kappa shape index (κ2) is 4.68. The molecule has 0 aliphatic rings. The van der Waals surface area contributed by atoms with Gasteiger partial charge in [-0.15, -0.1) is 0 Å². The van der Waals surface area contributed by atoms with Crippen molar-refractivity contribution in [2.24, 2.45) is 7.05 Å². The van der Waals surface area contributed by atoms with Crippen LogP contribution in [0.15, 0.2) is 15.5 Å². The van der Waals surface area contributed by atoms with Crippen LogP contribution in [0.3, 0.4) is 0 Å². The Hall–Kier alpha value is -1.43. The molecule has 96 valence electrons. The Labute approximate surface area is 113 Å². The molecule has 0 amide bonds. The van der Waals surface area contributed by atoms with Crippen LogP contribution in [0.1, 0.15) is 31.2 Å². The van der Waals surface area contributed by atoms with Crippen LogP contribution in [0, 0.1) is 6.92 Å². The molecule has 0 aromatic carbocycles. The fraction of sp³-hybridized carbons (Fsp3) is 0.417. The second-order valence-electron chi connectivity index (χ2n) is 4.57. The Bertz CT molecular complexity index is 642. The highest BCUT2D eigenvalue weighted by Crippen LogP contribution is 2.23. The third-order valence-electron chi connectivity index (χ3n) is 2.70. The van der Waals surface area contributed by atoms with E-state index in [1.54, 1.807) is 4.68 Å². The lowest BCUT2D eigenvalue weighted by atomic mass is 10.1. The third kappa shape index (κ3) is 2.25. The number of aromatic nitrogens is 4. The summed E-state index contributed by atoms with van der Waals surface area (Å²) in [6, 6.07) is 0. The molecule has 0 aliphatic carbocycles. The molecule has 0 atom stereocenters. The van der Waals surface area contributed by atoms with Crippen molar-refractivity contribution < 1.29 is 0 Å². The maximum atomic E-state index is 11.9. The zero-order valence-electron chi connectivity index (χ0n) is 10.8. The van der Waals surface area contributed by atoms with Crippen LogP contribution < -0.4 is 5.56 Å². The van der Waals surface area contributed by atoms with Crippen molar-refractivity contribution in [1.29, 1.82) is 0 Å². The summed E-state index contributed by atoms with van der Waals surface area (Å²) in [5, 5.41) is 4.26. The molecule has 2 aromatic rings. The SMILES string of the molecule is Cc1nn(C)cc1-c1nc(C(C)C)c(Br)c(=O)[nH]1. The molecule has 0 saturated carbocycles. The summed E-state index contributed by atoms with van der Waals surface area (Å²) in [7, 11) is 1.84. The van der Waals surface area contributed by atoms with Gasteiger partial charge in [-0.1, -0.05) is 13.8 Å². The van der Waals surface area contributed by atoms with Crippen LogP contribution >= 0.6 is 15.9 Å². The quantitative estimate of drug-likeness (QED) is 0.926. The molecule has 0 radical (unpaired) electrons. The first-order chi connectivity index (χ1) is 8.40. The van der Waals surface area contributed by atoms with Crippen LogP contribution in [0.4, 0.5) is 0 Å². The zero-order chi connectivity index (χ0) is 13.4. The summed E-state index contributed by atoms with van der Waals surface area (Å²) >= 11 is 3.28.